The number of amides is 1. The van der Waals surface area contributed by atoms with Crippen LogP contribution in [-0.2, 0) is 11.3 Å². The lowest BCUT2D eigenvalue weighted by atomic mass is 9.87. The van der Waals surface area contributed by atoms with Crippen molar-refractivity contribution in [3.8, 4) is 5.75 Å². The molecule has 2 aliphatic carbocycles. The maximum atomic E-state index is 13.4. The van der Waals surface area contributed by atoms with Crippen LogP contribution < -0.4 is 15.8 Å². The SMILES string of the molecule is Cl.NC1CCC(NC(=O)CC(c2cccc(OC(F)(F)F)c2)c2cn(CC3CCCCC3)c3ccccc23)CC1. The molecule has 5 nitrogen and oxygen atoms in total. The molecule has 5 rings (SSSR count). The number of aromatic nitrogens is 1. The number of benzene rings is 2. The highest BCUT2D eigenvalue weighted by Gasteiger charge is 2.32. The largest absolute Gasteiger partial charge is 0.573 e. The predicted molar refractivity (Wildman–Crippen MR) is 154 cm³/mol. The summed E-state index contributed by atoms with van der Waals surface area (Å²) in [6, 6.07) is 14.4. The van der Waals surface area contributed by atoms with E-state index in [2.05, 4.69) is 26.9 Å². The average Bonchev–Trinajstić information content (AvgIpc) is 3.26. The Morgan fingerprint density at radius 1 is 1.00 bits per heavy atom. The van der Waals surface area contributed by atoms with Crippen LogP contribution in [-0.4, -0.2) is 28.9 Å². The van der Waals surface area contributed by atoms with E-state index in [4.69, 9.17) is 5.73 Å². The number of rotatable bonds is 8. The van der Waals surface area contributed by atoms with Gasteiger partial charge in [-0.05, 0) is 73.8 Å². The van der Waals surface area contributed by atoms with Gasteiger partial charge in [-0.25, -0.2) is 0 Å². The number of carbonyl (C=O) groups is 1. The van der Waals surface area contributed by atoms with E-state index in [-0.39, 0.29) is 42.6 Å². The van der Waals surface area contributed by atoms with Gasteiger partial charge in [0.05, 0.1) is 0 Å². The van der Waals surface area contributed by atoms with Gasteiger partial charge in [-0.3, -0.25) is 4.79 Å². The minimum Gasteiger partial charge on any atom is -0.406 e. The zero-order valence-electron chi connectivity index (χ0n) is 22.7. The van der Waals surface area contributed by atoms with Crippen LogP contribution in [0.1, 0.15) is 81.3 Å². The van der Waals surface area contributed by atoms with Crippen LogP contribution in [0.4, 0.5) is 13.2 Å². The lowest BCUT2D eigenvalue weighted by Crippen LogP contribution is -2.40. The van der Waals surface area contributed by atoms with Crippen LogP contribution in [0.3, 0.4) is 0 Å². The molecular weight excluding hydrogens is 539 g/mol. The molecule has 40 heavy (non-hydrogen) atoms. The first-order chi connectivity index (χ1) is 18.7. The molecular formula is C31H39ClF3N3O2. The van der Waals surface area contributed by atoms with Crippen molar-refractivity contribution in [1.82, 2.24) is 9.88 Å². The van der Waals surface area contributed by atoms with Gasteiger partial charge in [0, 0.05) is 48.1 Å². The number of para-hydroxylation sites is 1. The Morgan fingerprint density at radius 2 is 1.73 bits per heavy atom. The van der Waals surface area contributed by atoms with Crippen molar-refractivity contribution in [3.05, 3.63) is 65.9 Å². The van der Waals surface area contributed by atoms with Gasteiger partial charge in [-0.1, -0.05) is 49.6 Å². The van der Waals surface area contributed by atoms with Crippen molar-refractivity contribution in [2.24, 2.45) is 11.7 Å². The molecule has 1 unspecified atom stereocenters. The molecule has 1 aromatic heterocycles. The standard InChI is InChI=1S/C31H38F3N3O2.ClH/c32-31(33,34)39-25-10-6-9-22(17-25)27(18-30(38)36-24-15-13-23(35)14-16-24)28-20-37(19-21-7-2-1-3-8-21)29-12-5-4-11-26(28)29;/h4-6,9-12,17,20-21,23-24,27H,1-3,7-8,13-16,18-19,35H2,(H,36,38);1H. The van der Waals surface area contributed by atoms with Crippen LogP contribution in [0.15, 0.2) is 54.7 Å². The average molecular weight is 578 g/mol. The summed E-state index contributed by atoms with van der Waals surface area (Å²) in [6.07, 6.45) is 7.09. The van der Waals surface area contributed by atoms with Gasteiger partial charge in [0.25, 0.3) is 0 Å². The number of fused-ring (bicyclic) bond motifs is 1. The minimum atomic E-state index is -4.79. The molecule has 0 spiro atoms. The number of nitrogens with one attached hydrogen (secondary N) is 1. The minimum absolute atomic E-state index is 0. The zero-order chi connectivity index (χ0) is 27.4. The molecule has 9 heteroatoms. The molecule has 1 atom stereocenters. The van der Waals surface area contributed by atoms with E-state index in [1.807, 2.05) is 18.2 Å². The van der Waals surface area contributed by atoms with E-state index in [0.29, 0.717) is 11.5 Å². The van der Waals surface area contributed by atoms with Gasteiger partial charge < -0.3 is 20.4 Å². The molecule has 2 fully saturated rings. The molecule has 2 saturated carbocycles. The Labute approximate surface area is 240 Å². The van der Waals surface area contributed by atoms with E-state index in [9.17, 15) is 18.0 Å². The van der Waals surface area contributed by atoms with Crippen LogP contribution in [0.5, 0.6) is 5.75 Å². The van der Waals surface area contributed by atoms with Crippen LogP contribution >= 0.6 is 12.4 Å². The van der Waals surface area contributed by atoms with Crippen molar-refractivity contribution in [2.75, 3.05) is 0 Å². The summed E-state index contributed by atoms with van der Waals surface area (Å²) in [5.41, 5.74) is 8.70. The second kappa shape index (κ2) is 13.3. The highest BCUT2D eigenvalue weighted by Crippen LogP contribution is 2.38. The van der Waals surface area contributed by atoms with Crippen molar-refractivity contribution in [2.45, 2.75) is 95.1 Å². The fraction of sp³-hybridized carbons (Fsp3) is 0.516. The molecule has 1 heterocycles. The highest BCUT2D eigenvalue weighted by molar-refractivity contribution is 5.87. The van der Waals surface area contributed by atoms with Crippen LogP contribution in [0.2, 0.25) is 0 Å². The van der Waals surface area contributed by atoms with E-state index in [0.717, 1.165) is 48.7 Å². The molecule has 2 aromatic carbocycles. The molecule has 1 amide bonds. The Bertz CT molecular complexity index is 1260. The molecule has 218 valence electrons. The van der Waals surface area contributed by atoms with E-state index < -0.39 is 12.3 Å². The number of nitrogens with two attached hydrogens (primary N) is 1. The number of hydrogen-bond donors (Lipinski definition) is 2. The molecule has 0 radical (unpaired) electrons. The van der Waals surface area contributed by atoms with Crippen LogP contribution in [0, 0.1) is 5.92 Å². The normalized spacial score (nSPS) is 21.0. The summed E-state index contributed by atoms with van der Waals surface area (Å²) in [6.45, 7) is 0.902. The number of halogens is 4. The predicted octanol–water partition coefficient (Wildman–Crippen LogP) is 7.45. The third kappa shape index (κ3) is 7.72. The lowest BCUT2D eigenvalue weighted by molar-refractivity contribution is -0.274. The molecule has 3 N–H and O–H groups in total. The fourth-order valence-electron chi connectivity index (χ4n) is 6.42. The Hall–Kier alpha value is -2.71. The van der Waals surface area contributed by atoms with Gasteiger partial charge in [0.1, 0.15) is 5.75 Å². The fourth-order valence-corrected chi connectivity index (χ4v) is 6.42. The van der Waals surface area contributed by atoms with Crippen LogP contribution in [0.25, 0.3) is 10.9 Å². The number of nitrogens with zero attached hydrogens (tertiary/aromatic N) is 1. The zero-order valence-corrected chi connectivity index (χ0v) is 23.5. The second-order valence-corrected chi connectivity index (χ2v) is 11.3. The summed E-state index contributed by atoms with van der Waals surface area (Å²) >= 11 is 0. The van der Waals surface area contributed by atoms with E-state index in [1.54, 1.807) is 12.1 Å². The number of hydrogen-bond acceptors (Lipinski definition) is 3. The summed E-state index contributed by atoms with van der Waals surface area (Å²) in [5.74, 6) is -0.208. The first-order valence-corrected chi connectivity index (χ1v) is 14.2. The van der Waals surface area contributed by atoms with Gasteiger partial charge in [0.2, 0.25) is 5.91 Å². The van der Waals surface area contributed by atoms with Crippen molar-refractivity contribution >= 4 is 29.2 Å². The van der Waals surface area contributed by atoms with E-state index >= 15 is 0 Å². The number of carbonyl (C=O) groups excluding carboxylic acids is 1. The van der Waals surface area contributed by atoms with Gasteiger partial charge in [-0.15, -0.1) is 25.6 Å². The second-order valence-electron chi connectivity index (χ2n) is 11.3. The Balaban J connectivity index is 0.00000370. The monoisotopic (exact) mass is 577 g/mol. The van der Waals surface area contributed by atoms with Gasteiger partial charge >= 0.3 is 6.36 Å². The summed E-state index contributed by atoms with van der Waals surface area (Å²) < 4.78 is 45.6. The van der Waals surface area contributed by atoms with E-state index in [1.165, 1.54) is 44.2 Å². The summed E-state index contributed by atoms with van der Waals surface area (Å²) in [7, 11) is 0. The topological polar surface area (TPSA) is 69.3 Å². The van der Waals surface area contributed by atoms with Gasteiger partial charge in [0.15, 0.2) is 0 Å². The first-order valence-electron chi connectivity index (χ1n) is 14.2. The molecule has 0 bridgehead atoms. The Kier molecular flexibility index (Phi) is 10.1. The smallest absolute Gasteiger partial charge is 0.406 e. The third-order valence-electron chi connectivity index (χ3n) is 8.39. The van der Waals surface area contributed by atoms with Crippen molar-refractivity contribution in [1.29, 1.82) is 0 Å². The molecule has 0 aliphatic heterocycles. The number of alkyl halides is 3. The summed E-state index contributed by atoms with van der Waals surface area (Å²) in [5, 5.41) is 4.20. The quantitative estimate of drug-likeness (QED) is 0.292. The summed E-state index contributed by atoms with van der Waals surface area (Å²) in [4.78, 5) is 13.4. The highest BCUT2D eigenvalue weighted by atomic mass is 35.5. The first kappa shape index (κ1) is 30.3. The van der Waals surface area contributed by atoms with Crippen molar-refractivity contribution < 1.29 is 22.7 Å². The maximum Gasteiger partial charge on any atom is 0.573 e. The maximum absolute atomic E-state index is 13.4. The number of ether oxygens (including phenoxy) is 1. The van der Waals surface area contributed by atoms with Crippen molar-refractivity contribution in [3.63, 3.8) is 0 Å². The molecule has 3 aromatic rings. The lowest BCUT2D eigenvalue weighted by Gasteiger charge is -2.27. The molecule has 2 aliphatic rings. The molecule has 0 saturated heterocycles. The van der Waals surface area contributed by atoms with Gasteiger partial charge in [-0.2, -0.15) is 0 Å². The third-order valence-corrected chi connectivity index (χ3v) is 8.39. The Morgan fingerprint density at radius 3 is 2.45 bits per heavy atom.